The smallest absolute Gasteiger partial charge is 0.214 e. The minimum absolute atomic E-state index is 0.291. The highest BCUT2D eigenvalue weighted by atomic mass is 16.6. The molecular formula is C9H20N2O2. The first-order valence-electron chi connectivity index (χ1n) is 4.74. The largest absolute Gasteiger partial charge is 0.356 e. The van der Waals surface area contributed by atoms with Gasteiger partial charge in [-0.05, 0) is 33.6 Å². The molecule has 0 heterocycles. The summed E-state index contributed by atoms with van der Waals surface area (Å²) < 4.78 is 5.28. The van der Waals surface area contributed by atoms with Gasteiger partial charge in [0, 0.05) is 12.1 Å². The van der Waals surface area contributed by atoms with Crippen molar-refractivity contribution in [1.29, 1.82) is 0 Å². The zero-order valence-electron chi connectivity index (χ0n) is 8.58. The third-order valence-corrected chi connectivity index (χ3v) is 2.02. The molecule has 1 fully saturated rings. The second-order valence-electron chi connectivity index (χ2n) is 4.68. The summed E-state index contributed by atoms with van der Waals surface area (Å²) in [5.74, 6) is 0. The van der Waals surface area contributed by atoms with Gasteiger partial charge < -0.3 is 15.6 Å². The van der Waals surface area contributed by atoms with Crippen molar-refractivity contribution in [2.45, 2.75) is 57.7 Å². The normalized spacial score (nSPS) is 31.2. The molecule has 4 nitrogen and oxygen atoms in total. The molecule has 13 heavy (non-hydrogen) atoms. The maximum Gasteiger partial charge on any atom is 0.214 e. The van der Waals surface area contributed by atoms with Gasteiger partial charge in [-0.3, -0.25) is 5.32 Å². The number of aliphatic hydroxyl groups excluding tert-OH is 1. The van der Waals surface area contributed by atoms with Crippen molar-refractivity contribution in [3.63, 3.8) is 0 Å². The Kier molecular flexibility index (Phi) is 3.29. The molecule has 1 aliphatic carbocycles. The quantitative estimate of drug-likeness (QED) is 0.552. The number of hydrogen-bond acceptors (Lipinski definition) is 4. The Labute approximate surface area is 79.5 Å². The van der Waals surface area contributed by atoms with Gasteiger partial charge in [-0.1, -0.05) is 0 Å². The minimum Gasteiger partial charge on any atom is -0.356 e. The molecule has 4 heteroatoms. The fraction of sp³-hybridized carbons (Fsp3) is 1.00. The summed E-state index contributed by atoms with van der Waals surface area (Å²) in [4.78, 5) is 0. The Balaban J connectivity index is 2.15. The molecule has 0 aromatic carbocycles. The summed E-state index contributed by atoms with van der Waals surface area (Å²) in [7, 11) is 0. The molecule has 1 saturated carbocycles. The fourth-order valence-electron chi connectivity index (χ4n) is 1.37. The van der Waals surface area contributed by atoms with Crippen molar-refractivity contribution in [3.8, 4) is 0 Å². The van der Waals surface area contributed by atoms with E-state index in [0.717, 1.165) is 12.8 Å². The molecule has 1 atom stereocenters. The van der Waals surface area contributed by atoms with Crippen LogP contribution in [0.5, 0.6) is 0 Å². The van der Waals surface area contributed by atoms with Gasteiger partial charge in [-0.2, -0.15) is 0 Å². The minimum atomic E-state index is -0.877. The number of ether oxygens (including phenoxy) is 1. The van der Waals surface area contributed by atoms with E-state index in [2.05, 4.69) is 5.32 Å². The van der Waals surface area contributed by atoms with Crippen LogP contribution in [-0.2, 0) is 4.74 Å². The summed E-state index contributed by atoms with van der Waals surface area (Å²) >= 11 is 0. The first-order chi connectivity index (χ1) is 5.87. The Bertz CT molecular complexity index is 161. The molecule has 0 aromatic rings. The van der Waals surface area contributed by atoms with E-state index < -0.39 is 6.41 Å². The van der Waals surface area contributed by atoms with Crippen LogP contribution in [0.25, 0.3) is 0 Å². The van der Waals surface area contributed by atoms with Crippen LogP contribution < -0.4 is 11.1 Å². The summed E-state index contributed by atoms with van der Waals surface area (Å²) in [5.41, 5.74) is 5.29. The SMILES string of the molecule is CC(C)(C)OC(O)NC1CC(N)C1. The summed E-state index contributed by atoms with van der Waals surface area (Å²) in [6.45, 7) is 5.72. The van der Waals surface area contributed by atoms with Gasteiger partial charge in [0.1, 0.15) is 0 Å². The molecule has 78 valence electrons. The molecule has 0 bridgehead atoms. The van der Waals surface area contributed by atoms with E-state index in [1.807, 2.05) is 20.8 Å². The standard InChI is InChI=1S/C9H20N2O2/c1-9(2,3)13-8(12)11-7-4-6(10)5-7/h6-8,11-12H,4-5,10H2,1-3H3. The second-order valence-corrected chi connectivity index (χ2v) is 4.68. The number of nitrogens with two attached hydrogens (primary N) is 1. The molecule has 0 saturated heterocycles. The first-order valence-corrected chi connectivity index (χ1v) is 4.74. The molecule has 0 aromatic heterocycles. The van der Waals surface area contributed by atoms with Crippen LogP contribution in [0.4, 0.5) is 0 Å². The molecule has 0 spiro atoms. The van der Waals surface area contributed by atoms with Crippen molar-refractivity contribution >= 4 is 0 Å². The van der Waals surface area contributed by atoms with Gasteiger partial charge in [0.05, 0.1) is 5.60 Å². The fourth-order valence-corrected chi connectivity index (χ4v) is 1.37. The topological polar surface area (TPSA) is 67.5 Å². The van der Waals surface area contributed by atoms with Crippen LogP contribution in [0.15, 0.2) is 0 Å². The third kappa shape index (κ3) is 4.04. The lowest BCUT2D eigenvalue weighted by atomic mass is 9.88. The maximum absolute atomic E-state index is 9.43. The van der Waals surface area contributed by atoms with E-state index in [1.165, 1.54) is 0 Å². The molecule has 1 rings (SSSR count). The highest BCUT2D eigenvalue weighted by Gasteiger charge is 2.28. The average molecular weight is 188 g/mol. The molecule has 1 unspecified atom stereocenters. The van der Waals surface area contributed by atoms with Crippen molar-refractivity contribution in [1.82, 2.24) is 5.32 Å². The van der Waals surface area contributed by atoms with E-state index in [-0.39, 0.29) is 5.60 Å². The van der Waals surface area contributed by atoms with E-state index in [9.17, 15) is 5.11 Å². The number of rotatable bonds is 3. The number of aliphatic hydroxyl groups is 1. The molecule has 4 N–H and O–H groups in total. The van der Waals surface area contributed by atoms with Crippen molar-refractivity contribution in [3.05, 3.63) is 0 Å². The van der Waals surface area contributed by atoms with E-state index in [4.69, 9.17) is 10.5 Å². The van der Waals surface area contributed by atoms with Gasteiger partial charge in [-0.25, -0.2) is 0 Å². The summed E-state index contributed by atoms with van der Waals surface area (Å²) in [5, 5.41) is 12.4. The van der Waals surface area contributed by atoms with Crippen LogP contribution in [-0.4, -0.2) is 29.2 Å². The Morgan fingerprint density at radius 1 is 1.46 bits per heavy atom. The van der Waals surface area contributed by atoms with Gasteiger partial charge in [0.25, 0.3) is 0 Å². The molecule has 0 amide bonds. The molecule has 0 aliphatic heterocycles. The number of nitrogens with one attached hydrogen (secondary N) is 1. The molecular weight excluding hydrogens is 168 g/mol. The Hall–Kier alpha value is -0.160. The van der Waals surface area contributed by atoms with Gasteiger partial charge in [0.2, 0.25) is 6.41 Å². The highest BCUT2D eigenvalue weighted by Crippen LogP contribution is 2.18. The van der Waals surface area contributed by atoms with Gasteiger partial charge in [-0.15, -0.1) is 0 Å². The summed E-state index contributed by atoms with van der Waals surface area (Å²) in [6.07, 6.45) is 0.965. The number of hydrogen-bond donors (Lipinski definition) is 3. The predicted octanol–water partition coefficient (Wildman–Crippen LogP) is 0.157. The van der Waals surface area contributed by atoms with Crippen molar-refractivity contribution < 1.29 is 9.84 Å². The van der Waals surface area contributed by atoms with E-state index in [1.54, 1.807) is 0 Å². The van der Waals surface area contributed by atoms with Gasteiger partial charge >= 0.3 is 0 Å². The lowest BCUT2D eigenvalue weighted by molar-refractivity contribution is -0.188. The Morgan fingerprint density at radius 2 is 2.00 bits per heavy atom. The van der Waals surface area contributed by atoms with Crippen LogP contribution >= 0.6 is 0 Å². The van der Waals surface area contributed by atoms with E-state index >= 15 is 0 Å². The van der Waals surface area contributed by atoms with Crippen LogP contribution in [0.2, 0.25) is 0 Å². The average Bonchev–Trinajstić information content (AvgIpc) is 1.79. The van der Waals surface area contributed by atoms with Crippen molar-refractivity contribution in [2.24, 2.45) is 5.73 Å². The lowest BCUT2D eigenvalue weighted by Gasteiger charge is -2.36. The first kappa shape index (κ1) is 10.9. The maximum atomic E-state index is 9.43. The lowest BCUT2D eigenvalue weighted by Crippen LogP contribution is -2.53. The second kappa shape index (κ2) is 3.92. The molecule has 0 radical (unpaired) electrons. The summed E-state index contributed by atoms with van der Waals surface area (Å²) in [6, 6.07) is 0.603. The van der Waals surface area contributed by atoms with Crippen LogP contribution in [0.3, 0.4) is 0 Å². The van der Waals surface area contributed by atoms with Crippen molar-refractivity contribution in [2.75, 3.05) is 0 Å². The third-order valence-electron chi connectivity index (χ3n) is 2.02. The van der Waals surface area contributed by atoms with Gasteiger partial charge in [0.15, 0.2) is 0 Å². The Morgan fingerprint density at radius 3 is 2.38 bits per heavy atom. The zero-order valence-corrected chi connectivity index (χ0v) is 8.58. The predicted molar refractivity (Wildman–Crippen MR) is 51.0 cm³/mol. The van der Waals surface area contributed by atoms with E-state index in [0.29, 0.717) is 12.1 Å². The monoisotopic (exact) mass is 188 g/mol. The zero-order chi connectivity index (χ0) is 10.1. The molecule has 1 aliphatic rings. The highest BCUT2D eigenvalue weighted by molar-refractivity contribution is 4.87. The van der Waals surface area contributed by atoms with Crippen LogP contribution in [0.1, 0.15) is 33.6 Å². The van der Waals surface area contributed by atoms with Crippen LogP contribution in [0, 0.1) is 0 Å².